The van der Waals surface area contributed by atoms with Crippen molar-refractivity contribution in [2.75, 3.05) is 27.2 Å². The second-order valence-electron chi connectivity index (χ2n) is 6.94. The van der Waals surface area contributed by atoms with E-state index in [-0.39, 0.29) is 17.0 Å². The summed E-state index contributed by atoms with van der Waals surface area (Å²) in [6.07, 6.45) is 4.90. The van der Waals surface area contributed by atoms with Gasteiger partial charge in [0, 0.05) is 51.7 Å². The Morgan fingerprint density at radius 3 is 2.60 bits per heavy atom. The molecule has 2 aromatic rings. The third kappa shape index (κ3) is 2.40. The van der Waals surface area contributed by atoms with E-state index < -0.39 is 0 Å². The molecule has 130 valence electrons. The predicted molar refractivity (Wildman–Crippen MR) is 91.1 cm³/mol. The summed E-state index contributed by atoms with van der Waals surface area (Å²) in [6.45, 7) is 1.89. The summed E-state index contributed by atoms with van der Waals surface area (Å²) in [5, 5.41) is 8.63. The summed E-state index contributed by atoms with van der Waals surface area (Å²) < 4.78 is 1.73. The van der Waals surface area contributed by atoms with E-state index in [1.165, 1.54) is 0 Å². The number of fused-ring (bicyclic) bond motifs is 2. The summed E-state index contributed by atoms with van der Waals surface area (Å²) in [4.78, 5) is 32.5. The summed E-state index contributed by atoms with van der Waals surface area (Å²) >= 11 is 0. The lowest BCUT2D eigenvalue weighted by atomic mass is 9.85. The first-order valence-corrected chi connectivity index (χ1v) is 8.36. The number of hydrogen-bond acceptors (Lipinski definition) is 5. The van der Waals surface area contributed by atoms with E-state index >= 15 is 0 Å². The van der Waals surface area contributed by atoms with Crippen LogP contribution in [0.3, 0.4) is 0 Å². The van der Waals surface area contributed by atoms with Crippen molar-refractivity contribution >= 4 is 6.03 Å². The van der Waals surface area contributed by atoms with Crippen molar-refractivity contribution < 1.29 is 4.79 Å². The predicted octanol–water partition coefficient (Wildman–Crippen LogP) is 0.729. The second kappa shape index (κ2) is 5.65. The van der Waals surface area contributed by atoms with Crippen LogP contribution in [-0.2, 0) is 12.0 Å². The van der Waals surface area contributed by atoms with E-state index in [4.69, 9.17) is 0 Å². The fourth-order valence-electron chi connectivity index (χ4n) is 3.85. The monoisotopic (exact) mass is 340 g/mol. The van der Waals surface area contributed by atoms with Gasteiger partial charge in [-0.15, -0.1) is 10.2 Å². The van der Waals surface area contributed by atoms with Crippen molar-refractivity contribution in [1.29, 1.82) is 0 Å². The Morgan fingerprint density at radius 1 is 1.16 bits per heavy atom. The van der Waals surface area contributed by atoms with Crippen LogP contribution in [-0.4, -0.2) is 62.8 Å². The van der Waals surface area contributed by atoms with Gasteiger partial charge in [0.1, 0.15) is 5.82 Å². The number of aromatic nitrogens is 4. The van der Waals surface area contributed by atoms with Gasteiger partial charge in [-0.1, -0.05) is 0 Å². The number of nitrogens with zero attached hydrogens (tertiary/aromatic N) is 6. The smallest absolute Gasteiger partial charge is 0.319 e. The first-order valence-electron chi connectivity index (χ1n) is 8.36. The van der Waals surface area contributed by atoms with Gasteiger partial charge in [0.05, 0.1) is 5.41 Å². The molecule has 2 aliphatic heterocycles. The van der Waals surface area contributed by atoms with Gasteiger partial charge in [0.15, 0.2) is 5.69 Å². The SMILES string of the molecule is CN(C)C(=O)N1CCC2(CCn3c2nnc(-c2ccncc2)c3=O)C1. The molecule has 0 bridgehead atoms. The molecule has 4 rings (SSSR count). The van der Waals surface area contributed by atoms with Gasteiger partial charge < -0.3 is 9.80 Å². The molecule has 1 fully saturated rings. The number of carbonyl (C=O) groups is 1. The second-order valence-corrected chi connectivity index (χ2v) is 6.94. The fraction of sp³-hybridized carbons (Fsp3) is 0.471. The minimum atomic E-state index is -0.255. The van der Waals surface area contributed by atoms with E-state index in [1.807, 2.05) is 4.90 Å². The van der Waals surface area contributed by atoms with Gasteiger partial charge in [-0.05, 0) is 25.0 Å². The first-order chi connectivity index (χ1) is 12.0. The van der Waals surface area contributed by atoms with Crippen LogP contribution >= 0.6 is 0 Å². The molecule has 1 spiro atoms. The molecule has 25 heavy (non-hydrogen) atoms. The third-order valence-corrected chi connectivity index (χ3v) is 5.20. The molecule has 0 N–H and O–H groups in total. The van der Waals surface area contributed by atoms with E-state index in [0.29, 0.717) is 31.2 Å². The lowest BCUT2D eigenvalue weighted by Gasteiger charge is -2.25. The summed E-state index contributed by atoms with van der Waals surface area (Å²) in [5.41, 5.74) is 0.696. The average molecular weight is 340 g/mol. The first kappa shape index (κ1) is 15.7. The van der Waals surface area contributed by atoms with Crippen LogP contribution in [0.4, 0.5) is 4.79 Å². The molecular weight excluding hydrogens is 320 g/mol. The highest BCUT2D eigenvalue weighted by Crippen LogP contribution is 2.40. The minimum absolute atomic E-state index is 0.000892. The molecule has 1 unspecified atom stereocenters. The van der Waals surface area contributed by atoms with Crippen LogP contribution in [0.25, 0.3) is 11.3 Å². The Balaban J connectivity index is 1.70. The van der Waals surface area contributed by atoms with Gasteiger partial charge >= 0.3 is 6.03 Å². The molecule has 0 saturated carbocycles. The number of hydrogen-bond donors (Lipinski definition) is 0. The molecule has 2 amide bonds. The van der Waals surface area contributed by atoms with Crippen LogP contribution in [0.15, 0.2) is 29.3 Å². The molecular formula is C17H20N6O2. The van der Waals surface area contributed by atoms with Gasteiger partial charge in [0.25, 0.3) is 5.56 Å². The summed E-state index contributed by atoms with van der Waals surface area (Å²) in [6, 6.07) is 3.52. The molecule has 1 saturated heterocycles. The van der Waals surface area contributed by atoms with E-state index in [2.05, 4.69) is 15.2 Å². The molecule has 8 heteroatoms. The van der Waals surface area contributed by atoms with Crippen LogP contribution in [0.1, 0.15) is 18.7 Å². The zero-order valence-electron chi connectivity index (χ0n) is 14.3. The van der Waals surface area contributed by atoms with Crippen molar-refractivity contribution in [3.63, 3.8) is 0 Å². The van der Waals surface area contributed by atoms with Crippen LogP contribution in [0.2, 0.25) is 0 Å². The van der Waals surface area contributed by atoms with Crippen molar-refractivity contribution in [3.8, 4) is 11.3 Å². The van der Waals surface area contributed by atoms with Crippen LogP contribution in [0.5, 0.6) is 0 Å². The molecule has 1 atom stereocenters. The quantitative estimate of drug-likeness (QED) is 0.764. The number of pyridine rings is 1. The van der Waals surface area contributed by atoms with Crippen molar-refractivity contribution in [3.05, 3.63) is 40.7 Å². The summed E-state index contributed by atoms with van der Waals surface area (Å²) in [5.74, 6) is 0.712. The standard InChI is InChI=1S/C17H20N6O2/c1-21(2)16(25)22-9-5-17(11-22)6-10-23-14(24)13(19-20-15(17)23)12-3-7-18-8-4-12/h3-4,7-8H,5-6,9-11H2,1-2H3. The maximum atomic E-state index is 12.9. The van der Waals surface area contributed by atoms with Crippen molar-refractivity contribution in [1.82, 2.24) is 29.5 Å². The van der Waals surface area contributed by atoms with E-state index in [9.17, 15) is 9.59 Å². The third-order valence-electron chi connectivity index (χ3n) is 5.20. The van der Waals surface area contributed by atoms with E-state index in [0.717, 1.165) is 18.4 Å². The highest BCUT2D eigenvalue weighted by molar-refractivity contribution is 5.74. The number of carbonyl (C=O) groups excluding carboxylic acids is 1. The Bertz CT molecular complexity index is 878. The molecule has 0 aromatic carbocycles. The molecule has 0 aliphatic carbocycles. The molecule has 2 aliphatic rings. The van der Waals surface area contributed by atoms with Crippen molar-refractivity contribution in [2.45, 2.75) is 24.8 Å². The Labute approximate surface area is 145 Å². The highest BCUT2D eigenvalue weighted by atomic mass is 16.2. The Kier molecular flexibility index (Phi) is 3.55. The molecule has 2 aromatic heterocycles. The molecule has 0 radical (unpaired) electrons. The maximum Gasteiger partial charge on any atom is 0.319 e. The number of amides is 2. The number of rotatable bonds is 1. The van der Waals surface area contributed by atoms with Gasteiger partial charge in [-0.3, -0.25) is 14.3 Å². The zero-order chi connectivity index (χ0) is 17.6. The van der Waals surface area contributed by atoms with Gasteiger partial charge in [-0.25, -0.2) is 4.79 Å². The Hall–Kier alpha value is -2.77. The minimum Gasteiger partial charge on any atom is -0.331 e. The van der Waals surface area contributed by atoms with Gasteiger partial charge in [-0.2, -0.15) is 0 Å². The van der Waals surface area contributed by atoms with E-state index in [1.54, 1.807) is 48.1 Å². The maximum absolute atomic E-state index is 12.9. The molecule has 4 heterocycles. The fourth-order valence-corrected chi connectivity index (χ4v) is 3.85. The average Bonchev–Trinajstić information content (AvgIpc) is 3.21. The summed E-state index contributed by atoms with van der Waals surface area (Å²) in [7, 11) is 3.50. The highest BCUT2D eigenvalue weighted by Gasteiger charge is 2.48. The Morgan fingerprint density at radius 2 is 1.88 bits per heavy atom. The van der Waals surface area contributed by atoms with Crippen LogP contribution in [0, 0.1) is 0 Å². The lowest BCUT2D eigenvalue weighted by Crippen LogP contribution is -2.40. The topological polar surface area (TPSA) is 84.2 Å². The number of urea groups is 1. The van der Waals surface area contributed by atoms with Crippen molar-refractivity contribution in [2.24, 2.45) is 0 Å². The largest absolute Gasteiger partial charge is 0.331 e. The molecule has 8 nitrogen and oxygen atoms in total. The zero-order valence-corrected chi connectivity index (χ0v) is 14.3. The van der Waals surface area contributed by atoms with Gasteiger partial charge in [0.2, 0.25) is 0 Å². The van der Waals surface area contributed by atoms with Crippen LogP contribution < -0.4 is 5.56 Å². The number of likely N-dealkylation sites (tertiary alicyclic amines) is 1. The lowest BCUT2D eigenvalue weighted by molar-refractivity contribution is 0.178. The normalized spacial score (nSPS) is 21.6.